The van der Waals surface area contributed by atoms with Crippen molar-refractivity contribution >= 4 is 0 Å². The molecule has 3 aliphatic rings. The van der Waals surface area contributed by atoms with Crippen LogP contribution >= 0.6 is 0 Å². The summed E-state index contributed by atoms with van der Waals surface area (Å²) >= 11 is 0. The first-order valence-corrected chi connectivity index (χ1v) is 13.4. The minimum absolute atomic E-state index is 0.245. The van der Waals surface area contributed by atoms with Crippen molar-refractivity contribution in [3.63, 3.8) is 0 Å². The summed E-state index contributed by atoms with van der Waals surface area (Å²) in [5.74, 6) is 0. The Hall–Kier alpha value is -0.240. The largest absolute Gasteiger partial charge is 0.315 e. The molecular weight excluding hydrogens is 384 g/mol. The quantitative estimate of drug-likeness (QED) is 0.310. The van der Waals surface area contributed by atoms with Crippen molar-refractivity contribution in [3.8, 4) is 0 Å². The Morgan fingerprint density at radius 1 is 0.484 bits per heavy atom. The fraction of sp³-hybridized carbons (Fsp3) is 1.00. The van der Waals surface area contributed by atoms with Gasteiger partial charge in [0.2, 0.25) is 0 Å². The predicted molar refractivity (Wildman–Crippen MR) is 135 cm³/mol. The van der Waals surface area contributed by atoms with Crippen molar-refractivity contribution in [1.82, 2.24) is 31.9 Å². The van der Waals surface area contributed by atoms with Gasteiger partial charge in [0.05, 0.1) is 0 Å². The summed E-state index contributed by atoms with van der Waals surface area (Å²) in [6.07, 6.45) is 12.5. The summed E-state index contributed by atoms with van der Waals surface area (Å²) in [5, 5.41) is 22.5. The molecule has 3 rings (SSSR count). The molecule has 0 amide bonds. The highest BCUT2D eigenvalue weighted by Gasteiger charge is 2.29. The monoisotopic (exact) mass is 438 g/mol. The number of nitrogens with one attached hydrogen (secondary N) is 6. The van der Waals surface area contributed by atoms with Crippen LogP contribution in [0.3, 0.4) is 0 Å². The molecule has 31 heavy (non-hydrogen) atoms. The van der Waals surface area contributed by atoms with Gasteiger partial charge in [0.25, 0.3) is 0 Å². The average Bonchev–Trinajstić information content (AvgIpc) is 2.76. The first-order valence-electron chi connectivity index (χ1n) is 13.4. The molecule has 3 heterocycles. The van der Waals surface area contributed by atoms with Gasteiger partial charge in [0.15, 0.2) is 0 Å². The molecule has 0 saturated carbocycles. The highest BCUT2D eigenvalue weighted by Crippen LogP contribution is 2.24. The summed E-state index contributed by atoms with van der Waals surface area (Å²) < 4.78 is 0. The average molecular weight is 439 g/mol. The molecule has 2 bridgehead atoms. The number of hydrogen-bond acceptors (Lipinski definition) is 6. The zero-order chi connectivity index (χ0) is 22.1. The first-order chi connectivity index (χ1) is 15.2. The maximum Gasteiger partial charge on any atom is 0.00772 e. The fourth-order valence-corrected chi connectivity index (χ4v) is 5.04. The van der Waals surface area contributed by atoms with E-state index in [2.05, 4.69) is 45.7 Å². The van der Waals surface area contributed by atoms with E-state index in [-0.39, 0.29) is 5.41 Å². The Morgan fingerprint density at radius 3 is 1.26 bits per heavy atom. The lowest BCUT2D eigenvalue weighted by Crippen LogP contribution is -2.54. The molecule has 184 valence electrons. The van der Waals surface area contributed by atoms with Gasteiger partial charge in [0.1, 0.15) is 0 Å². The molecule has 0 aliphatic carbocycles. The van der Waals surface area contributed by atoms with Crippen LogP contribution in [0.2, 0.25) is 0 Å². The third kappa shape index (κ3) is 12.0. The number of rotatable bonds is 9. The number of hydrogen-bond donors (Lipinski definition) is 6. The minimum atomic E-state index is 0.245. The lowest BCUT2D eigenvalue weighted by Gasteiger charge is -2.37. The van der Waals surface area contributed by atoms with E-state index in [1.54, 1.807) is 0 Å². The van der Waals surface area contributed by atoms with Gasteiger partial charge >= 0.3 is 0 Å². The lowest BCUT2D eigenvalue weighted by atomic mass is 9.81. The first kappa shape index (κ1) is 27.0. The van der Waals surface area contributed by atoms with Gasteiger partial charge in [-0.15, -0.1) is 0 Å². The molecular formula is C25H54N6. The Kier molecular flexibility index (Phi) is 14.3. The van der Waals surface area contributed by atoms with Crippen molar-refractivity contribution in [2.45, 2.75) is 71.6 Å². The van der Waals surface area contributed by atoms with Crippen molar-refractivity contribution in [3.05, 3.63) is 0 Å². The predicted octanol–water partition coefficient (Wildman–Crippen LogP) is 2.07. The van der Waals surface area contributed by atoms with E-state index < -0.39 is 0 Å². The van der Waals surface area contributed by atoms with E-state index in [1.807, 2.05) is 0 Å². The van der Waals surface area contributed by atoms with Crippen LogP contribution in [-0.2, 0) is 0 Å². The van der Waals surface area contributed by atoms with Gasteiger partial charge < -0.3 is 31.9 Å². The van der Waals surface area contributed by atoms with Gasteiger partial charge in [-0.3, -0.25) is 0 Å². The van der Waals surface area contributed by atoms with Crippen molar-refractivity contribution in [2.24, 2.45) is 10.8 Å². The van der Waals surface area contributed by atoms with Gasteiger partial charge in [-0.1, -0.05) is 65.2 Å². The second-order valence-electron chi connectivity index (χ2n) is 10.6. The van der Waals surface area contributed by atoms with Crippen LogP contribution in [0.4, 0.5) is 0 Å². The van der Waals surface area contributed by atoms with Gasteiger partial charge in [-0.05, 0) is 6.42 Å². The molecule has 3 saturated heterocycles. The normalized spacial score (nSPS) is 30.0. The van der Waals surface area contributed by atoms with Crippen LogP contribution in [0.15, 0.2) is 0 Å². The molecule has 6 N–H and O–H groups in total. The standard InChI is InChI=1S/C25H54N6/c1-3-4-5-6-7-8-9-10-11-25-21-29-15-12-26-18-24(2,19-27-13-16-30-22-25)20-28-14-17-31-23-25/h26-31H,3-23H2,1-2H3. The molecule has 0 unspecified atom stereocenters. The lowest BCUT2D eigenvalue weighted by molar-refractivity contribution is 0.210. The van der Waals surface area contributed by atoms with Gasteiger partial charge in [0, 0.05) is 89.4 Å². The molecule has 3 fully saturated rings. The maximum absolute atomic E-state index is 3.80. The van der Waals surface area contributed by atoms with Crippen molar-refractivity contribution in [2.75, 3.05) is 78.5 Å². The van der Waals surface area contributed by atoms with E-state index in [1.165, 1.54) is 57.8 Å². The van der Waals surface area contributed by atoms with Crippen LogP contribution in [0.1, 0.15) is 71.6 Å². The maximum atomic E-state index is 3.80. The third-order valence-electron chi connectivity index (χ3n) is 7.15. The van der Waals surface area contributed by atoms with Crippen LogP contribution in [0.5, 0.6) is 0 Å². The zero-order valence-electron chi connectivity index (χ0n) is 20.8. The zero-order valence-corrected chi connectivity index (χ0v) is 20.8. The summed E-state index contributed by atoms with van der Waals surface area (Å²) in [5.41, 5.74) is 0.541. The second-order valence-corrected chi connectivity index (χ2v) is 10.6. The SMILES string of the molecule is CCCCCCCCCCC12CNCCNCC(C)(CNCCNC1)CNCCNC2. The molecule has 6 nitrogen and oxygen atoms in total. The Balaban J connectivity index is 1.90. The van der Waals surface area contributed by atoms with E-state index >= 15 is 0 Å². The number of fused-ring (bicyclic) bond motifs is 15. The minimum Gasteiger partial charge on any atom is -0.315 e. The number of unbranched alkanes of at least 4 members (excludes halogenated alkanes) is 7. The summed E-state index contributed by atoms with van der Waals surface area (Å²) in [7, 11) is 0. The Labute approximate surface area is 193 Å². The van der Waals surface area contributed by atoms with Crippen molar-refractivity contribution < 1.29 is 0 Å². The molecule has 0 spiro atoms. The second kappa shape index (κ2) is 16.4. The van der Waals surface area contributed by atoms with E-state index in [4.69, 9.17) is 0 Å². The Morgan fingerprint density at radius 2 is 0.839 bits per heavy atom. The van der Waals surface area contributed by atoms with E-state index in [0.29, 0.717) is 5.41 Å². The molecule has 0 aromatic carbocycles. The highest BCUT2D eigenvalue weighted by molar-refractivity contribution is 4.88. The van der Waals surface area contributed by atoms with Gasteiger partial charge in [-0.25, -0.2) is 0 Å². The third-order valence-corrected chi connectivity index (χ3v) is 7.15. The van der Waals surface area contributed by atoms with Gasteiger partial charge in [-0.2, -0.15) is 0 Å². The molecule has 0 aromatic rings. The molecule has 3 aliphatic heterocycles. The van der Waals surface area contributed by atoms with Crippen LogP contribution in [0, 0.1) is 10.8 Å². The molecule has 0 aromatic heterocycles. The summed E-state index contributed by atoms with van der Waals surface area (Å²) in [4.78, 5) is 0. The van der Waals surface area contributed by atoms with Crippen molar-refractivity contribution in [1.29, 1.82) is 0 Å². The highest BCUT2D eigenvalue weighted by atomic mass is 15.0. The van der Waals surface area contributed by atoms with Crippen LogP contribution < -0.4 is 31.9 Å². The fourth-order valence-electron chi connectivity index (χ4n) is 5.04. The molecule has 6 heteroatoms. The smallest absolute Gasteiger partial charge is 0.00772 e. The van der Waals surface area contributed by atoms with Crippen LogP contribution in [-0.4, -0.2) is 78.5 Å². The summed E-state index contributed by atoms with van der Waals surface area (Å²) in [6.45, 7) is 17.4. The van der Waals surface area contributed by atoms with E-state index in [0.717, 1.165) is 78.5 Å². The molecule has 0 atom stereocenters. The molecule has 0 radical (unpaired) electrons. The summed E-state index contributed by atoms with van der Waals surface area (Å²) in [6, 6.07) is 0. The Bertz CT molecular complexity index is 387. The topological polar surface area (TPSA) is 72.2 Å². The van der Waals surface area contributed by atoms with Crippen LogP contribution in [0.25, 0.3) is 0 Å². The van der Waals surface area contributed by atoms with E-state index in [9.17, 15) is 0 Å².